The Kier molecular flexibility index (Phi) is 3.62. The van der Waals surface area contributed by atoms with Crippen LogP contribution in [0.25, 0.3) is 5.69 Å². The normalized spacial score (nSPS) is 28.4. The molecular formula is C19H17F3N2O4. The molecule has 1 aromatic heterocycles. The first-order valence-electron chi connectivity index (χ1n) is 8.67. The molecule has 2 aromatic rings. The maximum atomic E-state index is 13.3. The Morgan fingerprint density at radius 1 is 1.29 bits per heavy atom. The van der Waals surface area contributed by atoms with E-state index < -0.39 is 46.4 Å². The van der Waals surface area contributed by atoms with Gasteiger partial charge in [0.05, 0.1) is 40.1 Å². The van der Waals surface area contributed by atoms with Crippen molar-refractivity contribution in [1.29, 1.82) is 5.26 Å². The van der Waals surface area contributed by atoms with Gasteiger partial charge in [0, 0.05) is 6.42 Å². The lowest BCUT2D eigenvalue weighted by molar-refractivity contribution is -0.137. The summed E-state index contributed by atoms with van der Waals surface area (Å²) in [6.45, 7) is 3.37. The van der Waals surface area contributed by atoms with Crippen LogP contribution in [0.5, 0.6) is 11.8 Å². The standard InChI is InChI=1S/C19H17F3N2O4/c1-3-18-7-12(25)17(2,28-18)13-14(18)16(27)24(15(13)26)10-5-4-9(8-23)11(6-10)19(20,21)22/h4-6,12,25-27H,3,7H2,1-2H3/t12-,17?,18?/m0/s1. The lowest BCUT2D eigenvalue weighted by Gasteiger charge is -2.25. The third-order valence-electron chi connectivity index (χ3n) is 5.90. The van der Waals surface area contributed by atoms with Gasteiger partial charge < -0.3 is 20.1 Å². The molecular weight excluding hydrogens is 377 g/mol. The van der Waals surface area contributed by atoms with Gasteiger partial charge in [0.1, 0.15) is 11.2 Å². The maximum Gasteiger partial charge on any atom is 0.417 e. The summed E-state index contributed by atoms with van der Waals surface area (Å²) in [6.07, 6.45) is -5.12. The van der Waals surface area contributed by atoms with Gasteiger partial charge >= 0.3 is 6.18 Å². The molecule has 6 nitrogen and oxygen atoms in total. The van der Waals surface area contributed by atoms with Crippen molar-refractivity contribution < 1.29 is 33.2 Å². The Balaban J connectivity index is 1.98. The largest absolute Gasteiger partial charge is 0.494 e. The number of alkyl halides is 3. The van der Waals surface area contributed by atoms with E-state index in [1.54, 1.807) is 13.8 Å². The van der Waals surface area contributed by atoms with Crippen molar-refractivity contribution in [2.24, 2.45) is 0 Å². The Morgan fingerprint density at radius 2 is 1.93 bits per heavy atom. The van der Waals surface area contributed by atoms with Gasteiger partial charge in [-0.25, -0.2) is 0 Å². The van der Waals surface area contributed by atoms with Crippen LogP contribution in [-0.2, 0) is 22.1 Å². The van der Waals surface area contributed by atoms with E-state index >= 15 is 0 Å². The summed E-state index contributed by atoms with van der Waals surface area (Å²) in [5.41, 5.74) is -3.75. The average Bonchev–Trinajstić information content (AvgIpc) is 3.16. The third-order valence-corrected chi connectivity index (χ3v) is 5.90. The number of hydrogen-bond donors (Lipinski definition) is 3. The Morgan fingerprint density at radius 3 is 2.50 bits per heavy atom. The minimum Gasteiger partial charge on any atom is -0.494 e. The molecule has 148 valence electrons. The molecule has 0 spiro atoms. The molecule has 28 heavy (non-hydrogen) atoms. The molecule has 2 aliphatic heterocycles. The van der Waals surface area contributed by atoms with Crippen molar-refractivity contribution in [2.75, 3.05) is 0 Å². The zero-order chi connectivity index (χ0) is 20.6. The zero-order valence-electron chi connectivity index (χ0n) is 15.0. The van der Waals surface area contributed by atoms with Crippen LogP contribution in [0.15, 0.2) is 18.2 Å². The fraction of sp³-hybridized carbons (Fsp3) is 0.421. The maximum absolute atomic E-state index is 13.3. The van der Waals surface area contributed by atoms with Gasteiger partial charge in [-0.3, -0.25) is 4.57 Å². The van der Waals surface area contributed by atoms with Gasteiger partial charge in [-0.15, -0.1) is 0 Å². The van der Waals surface area contributed by atoms with Crippen LogP contribution in [0.1, 0.15) is 48.9 Å². The first kappa shape index (κ1) is 18.7. The first-order valence-corrected chi connectivity index (χ1v) is 8.67. The highest BCUT2D eigenvalue weighted by Gasteiger charge is 2.65. The lowest BCUT2D eigenvalue weighted by Crippen LogP contribution is -2.33. The van der Waals surface area contributed by atoms with Gasteiger partial charge in [-0.2, -0.15) is 18.4 Å². The van der Waals surface area contributed by atoms with Crippen molar-refractivity contribution >= 4 is 0 Å². The summed E-state index contributed by atoms with van der Waals surface area (Å²) in [4.78, 5) is 0. The molecule has 0 saturated carbocycles. The molecule has 2 unspecified atom stereocenters. The number of aromatic hydroxyl groups is 2. The van der Waals surface area contributed by atoms with Crippen LogP contribution in [0.4, 0.5) is 13.2 Å². The zero-order valence-corrected chi connectivity index (χ0v) is 15.0. The SMILES string of the molecule is CCC12C[C@H](O)C(C)(O1)c1c2c(O)n(-c2ccc(C#N)c(C(F)(F)F)c2)c1O. The quantitative estimate of drug-likeness (QED) is 0.725. The number of benzene rings is 1. The number of hydrogen-bond acceptors (Lipinski definition) is 5. The van der Waals surface area contributed by atoms with Gasteiger partial charge in [-0.05, 0) is 31.5 Å². The summed E-state index contributed by atoms with van der Waals surface area (Å²) in [5.74, 6) is -0.940. The second-order valence-corrected chi connectivity index (χ2v) is 7.35. The van der Waals surface area contributed by atoms with E-state index in [0.29, 0.717) is 12.5 Å². The Hall–Kier alpha value is -2.70. The number of rotatable bonds is 2. The topological polar surface area (TPSA) is 98.6 Å². The second-order valence-electron chi connectivity index (χ2n) is 7.35. The number of aliphatic hydroxyl groups is 1. The molecule has 3 N–H and O–H groups in total. The minimum atomic E-state index is -4.78. The molecule has 0 aliphatic carbocycles. The number of aliphatic hydroxyl groups excluding tert-OH is 1. The lowest BCUT2D eigenvalue weighted by atomic mass is 9.76. The number of aromatic nitrogens is 1. The molecule has 1 saturated heterocycles. The molecule has 1 fully saturated rings. The van der Waals surface area contributed by atoms with Crippen LogP contribution in [0.3, 0.4) is 0 Å². The second kappa shape index (κ2) is 5.43. The van der Waals surface area contributed by atoms with Crippen LogP contribution in [0, 0.1) is 11.3 Å². The van der Waals surface area contributed by atoms with Gasteiger partial charge in [0.2, 0.25) is 11.8 Å². The van der Waals surface area contributed by atoms with E-state index in [1.807, 2.05) is 0 Å². The highest BCUT2D eigenvalue weighted by molar-refractivity contribution is 5.62. The van der Waals surface area contributed by atoms with Gasteiger partial charge in [0.15, 0.2) is 0 Å². The highest BCUT2D eigenvalue weighted by atomic mass is 19.4. The monoisotopic (exact) mass is 394 g/mol. The van der Waals surface area contributed by atoms with Crippen LogP contribution in [0.2, 0.25) is 0 Å². The van der Waals surface area contributed by atoms with Gasteiger partial charge in [-0.1, -0.05) is 6.92 Å². The summed E-state index contributed by atoms with van der Waals surface area (Å²) in [6, 6.07) is 4.39. The molecule has 4 rings (SSSR count). The highest BCUT2D eigenvalue weighted by Crippen LogP contribution is 2.65. The number of fused-ring (bicyclic) bond motifs is 5. The molecule has 3 heterocycles. The molecule has 0 amide bonds. The molecule has 2 aliphatic rings. The fourth-order valence-corrected chi connectivity index (χ4v) is 4.48. The van der Waals surface area contributed by atoms with Crippen molar-refractivity contribution in [3.05, 3.63) is 40.5 Å². The molecule has 2 bridgehead atoms. The van der Waals surface area contributed by atoms with Crippen LogP contribution in [-0.4, -0.2) is 26.0 Å². The van der Waals surface area contributed by atoms with E-state index in [2.05, 4.69) is 0 Å². The Labute approximate surface area is 158 Å². The van der Waals surface area contributed by atoms with Crippen molar-refractivity contribution in [3.63, 3.8) is 0 Å². The van der Waals surface area contributed by atoms with E-state index in [-0.39, 0.29) is 23.2 Å². The van der Waals surface area contributed by atoms with E-state index in [4.69, 9.17) is 10.00 Å². The molecule has 3 atom stereocenters. The van der Waals surface area contributed by atoms with Crippen molar-refractivity contribution in [2.45, 2.75) is 50.2 Å². The summed E-state index contributed by atoms with van der Waals surface area (Å²) in [7, 11) is 0. The third kappa shape index (κ3) is 2.10. The number of nitriles is 1. The van der Waals surface area contributed by atoms with Gasteiger partial charge in [0.25, 0.3) is 0 Å². The predicted octanol–water partition coefficient (Wildman–Crippen LogP) is 3.39. The smallest absolute Gasteiger partial charge is 0.417 e. The predicted molar refractivity (Wildman–Crippen MR) is 89.8 cm³/mol. The first-order chi connectivity index (χ1) is 13.0. The van der Waals surface area contributed by atoms with Crippen molar-refractivity contribution in [1.82, 2.24) is 4.57 Å². The van der Waals surface area contributed by atoms with Crippen LogP contribution >= 0.6 is 0 Å². The van der Waals surface area contributed by atoms with E-state index in [0.717, 1.165) is 10.6 Å². The number of ether oxygens (including phenoxy) is 1. The number of nitrogens with zero attached hydrogens (tertiary/aromatic N) is 2. The summed E-state index contributed by atoms with van der Waals surface area (Å²) >= 11 is 0. The summed E-state index contributed by atoms with van der Waals surface area (Å²) < 4.78 is 46.8. The Bertz CT molecular complexity index is 1020. The number of halogens is 3. The van der Waals surface area contributed by atoms with Crippen LogP contribution < -0.4 is 0 Å². The molecule has 1 aromatic carbocycles. The van der Waals surface area contributed by atoms with E-state index in [9.17, 15) is 28.5 Å². The average molecular weight is 394 g/mol. The summed E-state index contributed by atoms with van der Waals surface area (Å²) in [5, 5.41) is 41.0. The molecule has 9 heteroatoms. The molecule has 0 radical (unpaired) electrons. The minimum absolute atomic E-state index is 0.153. The van der Waals surface area contributed by atoms with Crippen molar-refractivity contribution in [3.8, 4) is 23.5 Å². The fourth-order valence-electron chi connectivity index (χ4n) is 4.48. The van der Waals surface area contributed by atoms with E-state index in [1.165, 1.54) is 12.1 Å².